The van der Waals surface area contributed by atoms with E-state index in [0.29, 0.717) is 0 Å². The molecule has 0 amide bonds. The summed E-state index contributed by atoms with van der Waals surface area (Å²) < 4.78 is 0. The summed E-state index contributed by atoms with van der Waals surface area (Å²) in [6, 6.07) is 8.54. The van der Waals surface area contributed by atoms with Crippen molar-refractivity contribution in [2.24, 2.45) is 0 Å². The molecule has 0 fully saturated rings. The van der Waals surface area contributed by atoms with Gasteiger partial charge in [0.1, 0.15) is 0 Å². The van der Waals surface area contributed by atoms with Crippen molar-refractivity contribution >= 4 is 12.0 Å². The predicted molar refractivity (Wildman–Crippen MR) is 75.1 cm³/mol. The molecule has 1 rings (SSSR count). The van der Waals surface area contributed by atoms with Gasteiger partial charge in [-0.25, -0.2) is 0 Å². The maximum atomic E-state index is 9.49. The standard InChI is InChI=1S/C12H16.C4H6O2.Li/c1-5-10-6-8-11(9-7-10)12(2,3)4;1-3(2)4(5)6;/h5-9H,1H2,2-4H3;1H2,2H3,(H,5,6);/q;;+1/p-1. The molecule has 0 heterocycles. The molecule has 0 spiro atoms. The molecule has 98 valence electrons. The minimum atomic E-state index is -1.19. The normalized spacial score (nSPS) is 9.47. The summed E-state index contributed by atoms with van der Waals surface area (Å²) in [5.41, 5.74) is 2.87. The monoisotopic (exact) mass is 252 g/mol. The zero-order chi connectivity index (χ0) is 14.3. The molecule has 1 aromatic carbocycles. The van der Waals surface area contributed by atoms with Gasteiger partial charge in [0, 0.05) is 0 Å². The number of hydrogen-bond donors (Lipinski definition) is 0. The molecular formula is C16H21LiO2. The first kappa shape index (κ1) is 20.1. The fourth-order valence-electron chi connectivity index (χ4n) is 1.12. The van der Waals surface area contributed by atoms with E-state index in [1.165, 1.54) is 18.1 Å². The van der Waals surface area contributed by atoms with Crippen LogP contribution in [0.25, 0.3) is 6.08 Å². The van der Waals surface area contributed by atoms with Gasteiger partial charge in [-0.05, 0) is 29.0 Å². The van der Waals surface area contributed by atoms with Crippen LogP contribution in [0.15, 0.2) is 43.0 Å². The van der Waals surface area contributed by atoms with Gasteiger partial charge in [0.2, 0.25) is 0 Å². The van der Waals surface area contributed by atoms with Crippen LogP contribution < -0.4 is 24.0 Å². The minimum Gasteiger partial charge on any atom is -0.545 e. The number of rotatable bonds is 2. The maximum absolute atomic E-state index is 9.49. The zero-order valence-electron chi connectivity index (χ0n) is 12.6. The molecule has 0 unspecified atom stereocenters. The average molecular weight is 252 g/mol. The number of hydrogen-bond acceptors (Lipinski definition) is 2. The molecule has 3 heteroatoms. The van der Waals surface area contributed by atoms with Crippen molar-refractivity contribution < 1.29 is 28.8 Å². The van der Waals surface area contributed by atoms with Crippen molar-refractivity contribution in [3.05, 3.63) is 54.1 Å². The van der Waals surface area contributed by atoms with Gasteiger partial charge >= 0.3 is 18.9 Å². The quantitative estimate of drug-likeness (QED) is 0.546. The molecule has 0 aliphatic carbocycles. The Hall–Kier alpha value is -1.23. The Labute approximate surface area is 128 Å². The van der Waals surface area contributed by atoms with Crippen molar-refractivity contribution in [1.82, 2.24) is 0 Å². The molecule has 0 aromatic heterocycles. The number of benzene rings is 1. The van der Waals surface area contributed by atoms with Gasteiger partial charge in [-0.15, -0.1) is 0 Å². The van der Waals surface area contributed by atoms with E-state index in [1.807, 2.05) is 6.08 Å². The molecule has 0 saturated heterocycles. The Morgan fingerprint density at radius 3 is 1.79 bits per heavy atom. The Bertz CT molecular complexity index is 413. The Morgan fingerprint density at radius 2 is 1.58 bits per heavy atom. The molecule has 19 heavy (non-hydrogen) atoms. The molecule has 0 N–H and O–H groups in total. The van der Waals surface area contributed by atoms with E-state index in [-0.39, 0.29) is 29.8 Å². The molecule has 0 aliphatic heterocycles. The molecule has 0 atom stereocenters. The van der Waals surface area contributed by atoms with Crippen LogP contribution in [-0.4, -0.2) is 5.97 Å². The van der Waals surface area contributed by atoms with E-state index >= 15 is 0 Å². The summed E-state index contributed by atoms with van der Waals surface area (Å²) in [5, 5.41) is 9.49. The number of carboxylic acid groups (broad SMARTS) is 1. The van der Waals surface area contributed by atoms with E-state index in [1.54, 1.807) is 0 Å². The van der Waals surface area contributed by atoms with Gasteiger partial charge in [-0.3, -0.25) is 0 Å². The molecule has 0 radical (unpaired) electrons. The number of carboxylic acids is 1. The molecule has 0 aliphatic rings. The first-order valence-electron chi connectivity index (χ1n) is 5.78. The SMILES string of the molecule is C=C(C)C(=O)[O-].C=Cc1ccc(C(C)(C)C)cc1.[Li+]. The zero-order valence-corrected chi connectivity index (χ0v) is 12.6. The van der Waals surface area contributed by atoms with Crippen molar-refractivity contribution in [2.75, 3.05) is 0 Å². The van der Waals surface area contributed by atoms with E-state index < -0.39 is 5.97 Å². The third-order valence-electron chi connectivity index (χ3n) is 2.36. The van der Waals surface area contributed by atoms with E-state index in [4.69, 9.17) is 0 Å². The van der Waals surface area contributed by atoms with Gasteiger partial charge in [0.15, 0.2) is 0 Å². The van der Waals surface area contributed by atoms with Crippen LogP contribution in [0.4, 0.5) is 0 Å². The molecule has 0 saturated carbocycles. The topological polar surface area (TPSA) is 40.1 Å². The smallest absolute Gasteiger partial charge is 0.545 e. The molecule has 2 nitrogen and oxygen atoms in total. The third kappa shape index (κ3) is 8.48. The Balaban J connectivity index is 0. The van der Waals surface area contributed by atoms with Gasteiger partial charge in [-0.2, -0.15) is 0 Å². The summed E-state index contributed by atoms with van der Waals surface area (Å²) in [6.07, 6.45) is 1.87. The summed E-state index contributed by atoms with van der Waals surface area (Å²) in [7, 11) is 0. The predicted octanol–water partition coefficient (Wildman–Crippen LogP) is -0.0565. The van der Waals surface area contributed by atoms with E-state index in [9.17, 15) is 9.90 Å². The van der Waals surface area contributed by atoms with Crippen molar-refractivity contribution in [2.45, 2.75) is 33.1 Å². The van der Waals surface area contributed by atoms with Crippen LogP contribution in [0.3, 0.4) is 0 Å². The summed E-state index contributed by atoms with van der Waals surface area (Å²) in [6.45, 7) is 14.9. The Kier molecular flexibility index (Phi) is 9.30. The number of carbonyl (C=O) groups is 1. The second kappa shape index (κ2) is 8.80. The van der Waals surface area contributed by atoms with Crippen molar-refractivity contribution in [3.8, 4) is 0 Å². The fourth-order valence-corrected chi connectivity index (χ4v) is 1.12. The van der Waals surface area contributed by atoms with Gasteiger partial charge < -0.3 is 9.90 Å². The summed E-state index contributed by atoms with van der Waals surface area (Å²) >= 11 is 0. The largest absolute Gasteiger partial charge is 1.00 e. The molecule has 0 bridgehead atoms. The van der Waals surface area contributed by atoms with Crippen LogP contribution in [0.1, 0.15) is 38.8 Å². The number of carbonyl (C=O) groups excluding carboxylic acids is 1. The molecular weight excluding hydrogens is 231 g/mol. The van der Waals surface area contributed by atoms with Gasteiger partial charge in [0.05, 0.1) is 5.97 Å². The van der Waals surface area contributed by atoms with Crippen molar-refractivity contribution in [3.63, 3.8) is 0 Å². The first-order valence-corrected chi connectivity index (χ1v) is 5.78. The van der Waals surface area contributed by atoms with Crippen molar-refractivity contribution in [1.29, 1.82) is 0 Å². The average Bonchev–Trinajstić information content (AvgIpc) is 2.28. The van der Waals surface area contributed by atoms with E-state index in [0.717, 1.165) is 0 Å². The second-order valence-corrected chi connectivity index (χ2v) is 5.14. The second-order valence-electron chi connectivity index (χ2n) is 5.14. The molecule has 1 aromatic rings. The Morgan fingerprint density at radius 1 is 1.21 bits per heavy atom. The summed E-state index contributed by atoms with van der Waals surface area (Å²) in [5.74, 6) is -1.19. The third-order valence-corrected chi connectivity index (χ3v) is 2.36. The van der Waals surface area contributed by atoms with Crippen LogP contribution in [0, 0.1) is 0 Å². The van der Waals surface area contributed by atoms with Crippen LogP contribution in [-0.2, 0) is 10.2 Å². The maximum Gasteiger partial charge on any atom is 1.00 e. The summed E-state index contributed by atoms with van der Waals surface area (Å²) in [4.78, 5) is 9.49. The van der Waals surface area contributed by atoms with E-state index in [2.05, 4.69) is 58.2 Å². The first-order chi connectivity index (χ1) is 8.18. The van der Waals surface area contributed by atoms with Crippen LogP contribution >= 0.6 is 0 Å². The fraction of sp³-hybridized carbons (Fsp3) is 0.312. The van der Waals surface area contributed by atoms with Crippen LogP contribution in [0.5, 0.6) is 0 Å². The number of aliphatic carboxylic acids is 1. The van der Waals surface area contributed by atoms with Gasteiger partial charge in [-0.1, -0.05) is 64.3 Å². The minimum absolute atomic E-state index is 0. The van der Waals surface area contributed by atoms with Crippen LogP contribution in [0.2, 0.25) is 0 Å². The van der Waals surface area contributed by atoms with Gasteiger partial charge in [0.25, 0.3) is 0 Å².